The summed E-state index contributed by atoms with van der Waals surface area (Å²) in [5, 5.41) is 0. The number of hydrogen-bond donors (Lipinski definition) is 0. The van der Waals surface area contributed by atoms with Gasteiger partial charge in [-0.25, -0.2) is 9.59 Å². The summed E-state index contributed by atoms with van der Waals surface area (Å²) in [6.45, 7) is 3.85. The minimum atomic E-state index is -1.35. The summed E-state index contributed by atoms with van der Waals surface area (Å²) in [7, 11) is 0. The van der Waals surface area contributed by atoms with E-state index in [0.29, 0.717) is 23.0 Å². The monoisotopic (exact) mass is 474 g/mol. The fourth-order valence-corrected chi connectivity index (χ4v) is 3.44. The van der Waals surface area contributed by atoms with E-state index >= 15 is 0 Å². The average molecular weight is 474 g/mol. The summed E-state index contributed by atoms with van der Waals surface area (Å²) in [6.07, 6.45) is -2.70. The number of esters is 2. The molecule has 0 spiro atoms. The smallest absolute Gasteiger partial charge is 0.338 e. The van der Waals surface area contributed by atoms with Crippen molar-refractivity contribution in [3.63, 3.8) is 0 Å². The SMILES string of the molecule is CCOC(=O)[C@H](OCc1ccc2c(c1)OCO2)[C@@H](OCc1ccc2c(c1)OCO2)C(=O)OCC. The van der Waals surface area contributed by atoms with Crippen molar-refractivity contribution in [3.8, 4) is 23.0 Å². The lowest BCUT2D eigenvalue weighted by molar-refractivity contribution is -0.185. The molecule has 0 aliphatic carbocycles. The Morgan fingerprint density at radius 2 is 1.12 bits per heavy atom. The molecule has 0 radical (unpaired) electrons. The highest BCUT2D eigenvalue weighted by molar-refractivity contribution is 5.85. The van der Waals surface area contributed by atoms with Crippen LogP contribution in [0.25, 0.3) is 0 Å². The number of benzene rings is 2. The molecular formula is C24H26O10. The standard InChI is InChI=1S/C24H26O10/c1-3-27-23(25)21(29-11-15-5-7-17-19(9-15)33-13-31-17)22(24(26)28-4-2)30-12-16-6-8-18-20(10-16)34-14-32-18/h5-10,21-22H,3-4,11-14H2,1-2H3/t21-,22-/m1/s1. The number of rotatable bonds is 11. The molecule has 0 bridgehead atoms. The van der Waals surface area contributed by atoms with E-state index in [4.69, 9.17) is 37.9 Å². The minimum absolute atomic E-state index is 0.00338. The Labute approximate surface area is 196 Å². The maximum absolute atomic E-state index is 12.8. The van der Waals surface area contributed by atoms with Crippen LogP contribution < -0.4 is 18.9 Å². The average Bonchev–Trinajstić information content (AvgIpc) is 3.49. The zero-order valence-corrected chi connectivity index (χ0v) is 18.9. The molecule has 0 unspecified atom stereocenters. The van der Waals surface area contributed by atoms with Gasteiger partial charge in [0.25, 0.3) is 0 Å². The van der Waals surface area contributed by atoms with Gasteiger partial charge in [-0.15, -0.1) is 0 Å². The number of fused-ring (bicyclic) bond motifs is 2. The van der Waals surface area contributed by atoms with Crippen LogP contribution in [-0.2, 0) is 41.8 Å². The van der Waals surface area contributed by atoms with Gasteiger partial charge in [0.15, 0.2) is 35.2 Å². The van der Waals surface area contributed by atoms with Gasteiger partial charge >= 0.3 is 11.9 Å². The first-order valence-corrected chi connectivity index (χ1v) is 10.9. The maximum Gasteiger partial charge on any atom is 0.338 e. The third kappa shape index (κ3) is 5.52. The maximum atomic E-state index is 12.8. The highest BCUT2D eigenvalue weighted by Gasteiger charge is 2.38. The summed E-state index contributed by atoms with van der Waals surface area (Å²) in [4.78, 5) is 25.5. The lowest BCUT2D eigenvalue weighted by Crippen LogP contribution is -2.45. The normalized spacial score (nSPS) is 15.0. The first kappa shape index (κ1) is 23.7. The van der Waals surface area contributed by atoms with Gasteiger partial charge in [-0.3, -0.25) is 0 Å². The van der Waals surface area contributed by atoms with Gasteiger partial charge in [0.2, 0.25) is 13.6 Å². The molecule has 2 aliphatic rings. The Balaban J connectivity index is 1.50. The molecule has 0 saturated carbocycles. The van der Waals surface area contributed by atoms with Crippen LogP contribution in [0.4, 0.5) is 0 Å². The van der Waals surface area contributed by atoms with Crippen molar-refractivity contribution < 1.29 is 47.5 Å². The van der Waals surface area contributed by atoms with Crippen LogP contribution in [0.5, 0.6) is 23.0 Å². The van der Waals surface area contributed by atoms with Crippen LogP contribution in [0.1, 0.15) is 25.0 Å². The molecule has 182 valence electrons. The van der Waals surface area contributed by atoms with Crippen LogP contribution in [0, 0.1) is 0 Å². The van der Waals surface area contributed by atoms with Gasteiger partial charge in [0.1, 0.15) is 0 Å². The summed E-state index contributed by atoms with van der Waals surface area (Å²) >= 11 is 0. The van der Waals surface area contributed by atoms with E-state index in [1.807, 2.05) is 0 Å². The van der Waals surface area contributed by atoms with Crippen molar-refractivity contribution in [1.82, 2.24) is 0 Å². The van der Waals surface area contributed by atoms with Gasteiger partial charge in [-0.2, -0.15) is 0 Å². The molecule has 0 aromatic heterocycles. The molecule has 2 heterocycles. The highest BCUT2D eigenvalue weighted by atomic mass is 16.7. The number of carbonyl (C=O) groups is 2. The Kier molecular flexibility index (Phi) is 7.71. The fraction of sp³-hybridized carbons (Fsp3) is 0.417. The van der Waals surface area contributed by atoms with Gasteiger partial charge in [-0.1, -0.05) is 12.1 Å². The summed E-state index contributed by atoms with van der Waals surface area (Å²) in [5.41, 5.74) is 1.44. The highest BCUT2D eigenvalue weighted by Crippen LogP contribution is 2.34. The molecular weight excluding hydrogens is 448 g/mol. The van der Waals surface area contributed by atoms with Crippen LogP contribution in [0.3, 0.4) is 0 Å². The van der Waals surface area contributed by atoms with E-state index < -0.39 is 24.1 Å². The number of ether oxygens (including phenoxy) is 8. The Hall–Kier alpha value is -3.50. The molecule has 4 rings (SSSR count). The second kappa shape index (κ2) is 11.1. The van der Waals surface area contributed by atoms with Gasteiger partial charge in [0.05, 0.1) is 26.4 Å². The molecule has 0 amide bonds. The quantitative estimate of drug-likeness (QED) is 0.451. The third-order valence-electron chi connectivity index (χ3n) is 5.05. The zero-order chi connectivity index (χ0) is 23.9. The molecule has 2 atom stereocenters. The van der Waals surface area contributed by atoms with Crippen LogP contribution >= 0.6 is 0 Å². The summed E-state index contributed by atoms with van der Waals surface area (Å²) in [6, 6.07) is 10.6. The molecule has 2 aromatic rings. The van der Waals surface area contributed by atoms with Crippen LogP contribution in [0.2, 0.25) is 0 Å². The molecule has 0 N–H and O–H groups in total. The largest absolute Gasteiger partial charge is 0.464 e. The van der Waals surface area contributed by atoms with E-state index in [1.54, 1.807) is 50.2 Å². The summed E-state index contributed by atoms with van der Waals surface area (Å²) < 4.78 is 43.4. The first-order chi connectivity index (χ1) is 16.6. The van der Waals surface area contributed by atoms with Gasteiger partial charge < -0.3 is 37.9 Å². The van der Waals surface area contributed by atoms with Crippen molar-refractivity contribution in [2.45, 2.75) is 39.3 Å². The van der Waals surface area contributed by atoms with Crippen molar-refractivity contribution in [2.75, 3.05) is 26.8 Å². The van der Waals surface area contributed by atoms with Crippen molar-refractivity contribution >= 4 is 11.9 Å². The lowest BCUT2D eigenvalue weighted by Gasteiger charge is -2.24. The minimum Gasteiger partial charge on any atom is -0.464 e. The fourth-order valence-electron chi connectivity index (χ4n) is 3.44. The van der Waals surface area contributed by atoms with Crippen molar-refractivity contribution in [1.29, 1.82) is 0 Å². The Morgan fingerprint density at radius 1 is 0.706 bits per heavy atom. The lowest BCUT2D eigenvalue weighted by atomic mass is 10.1. The van der Waals surface area contributed by atoms with E-state index in [0.717, 1.165) is 11.1 Å². The Bertz CT molecular complexity index is 939. The third-order valence-corrected chi connectivity index (χ3v) is 5.05. The number of carbonyl (C=O) groups excluding carboxylic acids is 2. The molecule has 10 heteroatoms. The van der Waals surface area contributed by atoms with E-state index in [2.05, 4.69) is 0 Å². The second-order valence-electron chi connectivity index (χ2n) is 7.34. The summed E-state index contributed by atoms with van der Waals surface area (Å²) in [5.74, 6) is 0.952. The predicted molar refractivity (Wildman–Crippen MR) is 116 cm³/mol. The topological polar surface area (TPSA) is 108 Å². The van der Waals surface area contributed by atoms with Gasteiger partial charge in [0, 0.05) is 0 Å². The molecule has 0 fully saturated rings. The predicted octanol–water partition coefficient (Wildman–Crippen LogP) is 2.74. The van der Waals surface area contributed by atoms with Crippen molar-refractivity contribution in [3.05, 3.63) is 47.5 Å². The zero-order valence-electron chi connectivity index (χ0n) is 18.9. The van der Waals surface area contributed by atoms with Gasteiger partial charge in [-0.05, 0) is 49.2 Å². The van der Waals surface area contributed by atoms with Crippen LogP contribution in [-0.4, -0.2) is 50.9 Å². The number of hydrogen-bond acceptors (Lipinski definition) is 10. The van der Waals surface area contributed by atoms with E-state index in [9.17, 15) is 9.59 Å². The molecule has 0 saturated heterocycles. The molecule has 2 aromatic carbocycles. The molecule has 10 nitrogen and oxygen atoms in total. The van der Waals surface area contributed by atoms with E-state index in [1.165, 1.54) is 0 Å². The van der Waals surface area contributed by atoms with Crippen LogP contribution in [0.15, 0.2) is 36.4 Å². The molecule has 2 aliphatic heterocycles. The second-order valence-corrected chi connectivity index (χ2v) is 7.34. The Morgan fingerprint density at radius 3 is 1.53 bits per heavy atom. The van der Waals surface area contributed by atoms with Crippen molar-refractivity contribution in [2.24, 2.45) is 0 Å². The first-order valence-electron chi connectivity index (χ1n) is 10.9. The molecule has 34 heavy (non-hydrogen) atoms. The van der Waals surface area contributed by atoms with E-state index in [-0.39, 0.29) is 40.0 Å².